The molecule has 1 amide bonds. The molecule has 11 atom stereocenters. The van der Waals surface area contributed by atoms with Crippen LogP contribution in [0.3, 0.4) is 0 Å². The molecule has 2 aliphatic carbocycles. The fourth-order valence-electron chi connectivity index (χ4n) is 16.0. The van der Waals surface area contributed by atoms with Crippen LogP contribution in [0.15, 0.2) is 71.7 Å². The van der Waals surface area contributed by atoms with Crippen molar-refractivity contribution in [2.45, 2.75) is 283 Å². The minimum atomic E-state index is -4.51. The molecule has 4 heterocycles. The highest BCUT2D eigenvalue weighted by molar-refractivity contribution is 6.31. The van der Waals surface area contributed by atoms with Crippen LogP contribution in [0, 0.1) is 23.7 Å². The lowest BCUT2D eigenvalue weighted by molar-refractivity contribution is -0.160. The summed E-state index contributed by atoms with van der Waals surface area (Å²) in [6.45, 7) is 30.6. The van der Waals surface area contributed by atoms with Gasteiger partial charge < -0.3 is 51.5 Å². The van der Waals surface area contributed by atoms with Crippen LogP contribution in [0.25, 0.3) is 0 Å². The van der Waals surface area contributed by atoms with E-state index in [1.54, 1.807) is 0 Å². The number of aliphatic imine (C=N–C) groups is 1. The maximum atomic E-state index is 14.9. The number of amides is 1. The molecule has 0 bridgehead atoms. The van der Waals surface area contributed by atoms with E-state index >= 15 is 0 Å². The van der Waals surface area contributed by atoms with E-state index in [0.717, 1.165) is 127 Å². The number of carbonyl (C=O) groups is 1. The molecule has 17 heteroatoms. The van der Waals surface area contributed by atoms with Crippen molar-refractivity contribution in [3.63, 3.8) is 0 Å². The number of allylic oxidation sites excluding steroid dienone is 3. The van der Waals surface area contributed by atoms with Gasteiger partial charge in [0.05, 0.1) is 16.5 Å². The highest BCUT2D eigenvalue weighted by Crippen LogP contribution is 2.41. The lowest BCUT2D eigenvalue weighted by atomic mass is 9.75. The van der Waals surface area contributed by atoms with Crippen LogP contribution in [0.2, 0.25) is 5.02 Å². The molecule has 2 saturated carbocycles. The number of piperidine rings is 1. The Morgan fingerprint density at radius 3 is 2.25 bits per heavy atom. The van der Waals surface area contributed by atoms with Crippen LogP contribution in [0.4, 0.5) is 13.2 Å². The second-order valence-electron chi connectivity index (χ2n) is 29.4. The third-order valence-electron chi connectivity index (χ3n) is 21.9. The molecule has 0 aromatic heterocycles. The quantitative estimate of drug-likeness (QED) is 0.100. The number of fused-ring (bicyclic) bond motifs is 2. The van der Waals surface area contributed by atoms with Gasteiger partial charge in [-0.2, -0.15) is 13.2 Å². The largest absolute Gasteiger partial charge is 0.417 e. The molecule has 5 fully saturated rings. The van der Waals surface area contributed by atoms with Crippen molar-refractivity contribution < 1.29 is 18.0 Å². The molecule has 7 rings (SSSR count). The number of nitrogens with zero attached hydrogens (tertiary/aromatic N) is 6. The summed E-state index contributed by atoms with van der Waals surface area (Å²) in [4.78, 5) is 32.1. The maximum Gasteiger partial charge on any atom is 0.417 e. The van der Waals surface area contributed by atoms with Crippen molar-refractivity contribution in [1.29, 1.82) is 0 Å². The number of hydrogen-bond acceptors (Lipinski definition) is 12. The number of hydrogen-bond donors (Lipinski definition) is 6. The van der Waals surface area contributed by atoms with Crippen molar-refractivity contribution in [2.24, 2.45) is 28.7 Å². The molecule has 13 nitrogen and oxygen atoms in total. The standard InChI is InChI=1S/C74H126ClF3N12O/c1-13-15-18-29-69-57(8)85-73(35-21-22-36-73)52-80-39-38-79-37-34-62(32-30-61-31-33-65(66(75)47-61)74(76,77)78)81-40-44-86(11)50-64(46-60-26-19-16-20-27-60)87(12)51-63-28-25-43-89(63)58(9)55(6)84-68(54(5)14-2)48-83-67(45-53(3)4)56(7)82-49-70-71(59(10)90(69)70)72(91)88-41-23-17-24-42-88/h31,33-34,37,40,44,47,50-51,53-60,67-71,79-80,82-85H,13-30,32,35-36,38-39,41-43,45-46,48-49,52H2,1-12H3/t54-,55?,56?,57?,58-,59?,67-,68+,69-,70?,71-/m0/s1. The van der Waals surface area contributed by atoms with Crippen molar-refractivity contribution in [2.75, 3.05) is 66.5 Å². The molecule has 4 aliphatic heterocycles. The fraction of sp³-hybridized carbons (Fsp3) is 0.784. The van der Waals surface area contributed by atoms with Crippen LogP contribution in [0.5, 0.6) is 0 Å². The van der Waals surface area contributed by atoms with Gasteiger partial charge in [-0.1, -0.05) is 123 Å². The fourth-order valence-corrected chi connectivity index (χ4v) is 16.3. The van der Waals surface area contributed by atoms with Gasteiger partial charge in [-0.3, -0.25) is 14.7 Å². The number of unbranched alkanes of at least 4 members (excludes halogenated alkanes) is 2. The summed E-state index contributed by atoms with van der Waals surface area (Å²) < 4.78 is 41.1. The van der Waals surface area contributed by atoms with Gasteiger partial charge in [-0.05, 0) is 159 Å². The molecular formula is C74H126ClF3N12O. The van der Waals surface area contributed by atoms with E-state index in [1.165, 1.54) is 94.2 Å². The van der Waals surface area contributed by atoms with Gasteiger partial charge in [0.15, 0.2) is 0 Å². The topological polar surface area (TPSA) is 118 Å². The number of benzene rings is 1. The van der Waals surface area contributed by atoms with Gasteiger partial charge in [-0.15, -0.1) is 0 Å². The molecule has 0 radical (unpaired) electrons. The van der Waals surface area contributed by atoms with E-state index in [-0.39, 0.29) is 70.9 Å². The minimum absolute atomic E-state index is 0.0300. The summed E-state index contributed by atoms with van der Waals surface area (Å²) in [5.41, 5.74) is 3.34. The smallest absolute Gasteiger partial charge is 0.390 e. The summed E-state index contributed by atoms with van der Waals surface area (Å²) in [6.07, 6.45) is 33.4. The molecule has 91 heavy (non-hydrogen) atoms. The number of rotatable bonds is 14. The first-order chi connectivity index (χ1) is 43.6. The SMILES string of the molecule is CCCCC[C@H]1C(C)NC2(CCCC2)CNCCNC=CC(CCc2ccc(C(F)(F)F)c(Cl)c2)=NC=CN(C)C=C(CC2CCCCC2)N(C)C=C2CCCN2[C@@H](C)C(C)N[C@@H]([C@@H](C)CC)CN[C@@H](CC(C)C)C(C)NCC2[C@@H](C(=O)N3CCCCC3)C(C)N21. The van der Waals surface area contributed by atoms with Gasteiger partial charge in [-0.25, -0.2) is 0 Å². The van der Waals surface area contributed by atoms with Crippen LogP contribution in [-0.2, 0) is 17.4 Å². The Kier molecular flexibility index (Phi) is 30.4. The Hall–Kier alpha value is -3.64. The highest BCUT2D eigenvalue weighted by Gasteiger charge is 2.54. The zero-order valence-corrected chi connectivity index (χ0v) is 59.5. The van der Waals surface area contributed by atoms with Gasteiger partial charge in [0.2, 0.25) is 5.91 Å². The monoisotopic (exact) mass is 1290 g/mol. The Balaban J connectivity index is 1.20. The summed E-state index contributed by atoms with van der Waals surface area (Å²) >= 11 is 6.21. The van der Waals surface area contributed by atoms with E-state index in [1.807, 2.05) is 24.7 Å². The molecule has 6 aliphatic rings. The predicted molar refractivity (Wildman–Crippen MR) is 375 cm³/mol. The van der Waals surface area contributed by atoms with E-state index < -0.39 is 11.7 Å². The molecule has 5 unspecified atom stereocenters. The Labute approximate surface area is 555 Å². The zero-order chi connectivity index (χ0) is 65.7. The van der Waals surface area contributed by atoms with E-state index in [4.69, 9.17) is 16.6 Å². The molecule has 516 valence electrons. The number of likely N-dealkylation sites (tertiary alicyclic amines) is 1. The number of aryl methyl sites for hydroxylation is 1. The molecule has 3 saturated heterocycles. The van der Waals surface area contributed by atoms with Gasteiger partial charge in [0.25, 0.3) is 0 Å². The van der Waals surface area contributed by atoms with Crippen LogP contribution in [0.1, 0.15) is 222 Å². The number of halogens is 4. The van der Waals surface area contributed by atoms with Crippen molar-refractivity contribution in [3.8, 4) is 0 Å². The Bertz CT molecular complexity index is 2480. The van der Waals surface area contributed by atoms with Crippen LogP contribution < -0.4 is 31.9 Å². The van der Waals surface area contributed by atoms with Gasteiger partial charge >= 0.3 is 6.18 Å². The van der Waals surface area contributed by atoms with Crippen molar-refractivity contribution in [3.05, 3.63) is 82.8 Å². The summed E-state index contributed by atoms with van der Waals surface area (Å²) in [6, 6.07) is 6.09. The lowest BCUT2D eigenvalue weighted by Gasteiger charge is -2.59. The second kappa shape index (κ2) is 37.0. The average Bonchev–Trinajstić information content (AvgIpc) is 1.07. The molecule has 6 N–H and O–H groups in total. The minimum Gasteiger partial charge on any atom is -0.390 e. The summed E-state index contributed by atoms with van der Waals surface area (Å²) in [5, 5.41) is 24.1. The van der Waals surface area contributed by atoms with E-state index in [0.29, 0.717) is 43.0 Å². The third-order valence-corrected chi connectivity index (χ3v) is 22.2. The third kappa shape index (κ3) is 22.2. The van der Waals surface area contributed by atoms with Crippen molar-refractivity contribution in [1.82, 2.24) is 56.4 Å². The summed E-state index contributed by atoms with van der Waals surface area (Å²) in [5.74, 6) is 1.96. The Morgan fingerprint density at radius 1 is 0.824 bits per heavy atom. The highest BCUT2D eigenvalue weighted by atomic mass is 35.5. The first kappa shape index (κ1) is 74.8. The molecule has 1 aromatic carbocycles. The second-order valence-corrected chi connectivity index (χ2v) is 29.8. The van der Waals surface area contributed by atoms with E-state index in [9.17, 15) is 18.0 Å². The zero-order valence-electron chi connectivity index (χ0n) is 58.7. The normalized spacial score (nSPS) is 29.6. The van der Waals surface area contributed by atoms with Crippen molar-refractivity contribution >= 4 is 23.2 Å². The predicted octanol–water partition coefficient (Wildman–Crippen LogP) is 14.2. The molecule has 1 aromatic rings. The number of carbonyl (C=O) groups excluding carboxylic acids is 1. The van der Waals surface area contributed by atoms with Crippen LogP contribution in [-0.4, -0.2) is 162 Å². The number of alkyl halides is 3. The average molecular weight is 1290 g/mol. The lowest BCUT2D eigenvalue weighted by Crippen LogP contribution is -2.75. The van der Waals surface area contributed by atoms with Gasteiger partial charge in [0.1, 0.15) is 0 Å². The maximum absolute atomic E-state index is 14.9. The summed E-state index contributed by atoms with van der Waals surface area (Å²) in [7, 11) is 4.31. The molecule has 1 spiro atoms. The molecular weight excluding hydrogens is 1170 g/mol. The first-order valence-corrected chi connectivity index (χ1v) is 36.9. The first-order valence-electron chi connectivity index (χ1n) is 36.5. The Morgan fingerprint density at radius 2 is 1.56 bits per heavy atom. The number of nitrogens with one attached hydrogen (secondary N) is 6. The van der Waals surface area contributed by atoms with Gasteiger partial charge in [0, 0.05) is 168 Å². The van der Waals surface area contributed by atoms with E-state index in [2.05, 4.69) is 152 Å². The van der Waals surface area contributed by atoms with Crippen LogP contribution >= 0.6 is 11.6 Å².